The maximum atomic E-state index is 12.9. The number of hydrogen-bond donors (Lipinski definition) is 2. The largest absolute Gasteiger partial charge is 0.425 e. The van der Waals surface area contributed by atoms with Gasteiger partial charge in [-0.05, 0) is 40.8 Å². The summed E-state index contributed by atoms with van der Waals surface area (Å²) in [7, 11) is -5.00. The van der Waals surface area contributed by atoms with E-state index >= 15 is 0 Å². The molecule has 1 atom stereocenters. The maximum absolute atomic E-state index is 12.9. The van der Waals surface area contributed by atoms with Gasteiger partial charge in [0.1, 0.15) is 17.5 Å². The van der Waals surface area contributed by atoms with Crippen molar-refractivity contribution >= 4 is 44.6 Å². The van der Waals surface area contributed by atoms with Gasteiger partial charge in [-0.1, -0.05) is 13.8 Å². The molecule has 0 spiro atoms. The van der Waals surface area contributed by atoms with Crippen molar-refractivity contribution in [1.29, 1.82) is 0 Å². The number of carbonyl (C=O) groups excluding carboxylic acids is 2. The van der Waals surface area contributed by atoms with Crippen molar-refractivity contribution in [3.05, 3.63) is 27.3 Å². The van der Waals surface area contributed by atoms with Crippen LogP contribution in [-0.2, 0) is 14.9 Å². The Kier molecular flexibility index (Phi) is 7.42. The van der Waals surface area contributed by atoms with Gasteiger partial charge in [0.05, 0.1) is 11.5 Å². The number of nitrogens with one attached hydrogen (secondary N) is 1. The molecule has 12 heteroatoms. The predicted octanol–water partition coefficient (Wildman–Crippen LogP) is 2.40. The third kappa shape index (κ3) is 7.07. The lowest BCUT2D eigenvalue weighted by Crippen LogP contribution is -2.49. The van der Waals surface area contributed by atoms with Crippen LogP contribution in [-0.4, -0.2) is 42.8 Å². The fourth-order valence-corrected chi connectivity index (χ4v) is 2.82. The molecule has 0 saturated heterocycles. The molecule has 1 aromatic rings. The van der Waals surface area contributed by atoms with E-state index in [1.165, 1.54) is 31.3 Å². The van der Waals surface area contributed by atoms with Gasteiger partial charge in [-0.15, -0.1) is 0 Å². The van der Waals surface area contributed by atoms with Crippen LogP contribution in [0, 0.1) is 9.49 Å². The predicted molar refractivity (Wildman–Crippen MR) is 93.4 cm³/mol. The van der Waals surface area contributed by atoms with Crippen LogP contribution in [0.2, 0.25) is 0 Å². The summed E-state index contributed by atoms with van der Waals surface area (Å²) in [4.78, 5) is 23.9. The summed E-state index contributed by atoms with van der Waals surface area (Å²) in [5.41, 5.74) is -0.385. The first-order valence-electron chi connectivity index (χ1n) is 7.04. The Morgan fingerprint density at radius 2 is 1.88 bits per heavy atom. The number of halogens is 4. The lowest BCUT2D eigenvalue weighted by atomic mass is 10.1. The molecule has 7 nitrogen and oxygen atoms in total. The summed E-state index contributed by atoms with van der Waals surface area (Å²) in [6, 6.07) is 0.980. The molecule has 1 unspecified atom stereocenters. The van der Waals surface area contributed by atoms with Gasteiger partial charge in [-0.3, -0.25) is 14.1 Å². The second-order valence-corrected chi connectivity index (χ2v) is 8.28. The number of amides is 1. The summed E-state index contributed by atoms with van der Waals surface area (Å²) in [5.74, 6) is -4.56. The molecule has 1 aromatic carbocycles. The smallest absolute Gasteiger partial charge is 0.409 e. The van der Waals surface area contributed by atoms with Crippen molar-refractivity contribution in [2.45, 2.75) is 26.1 Å². The first-order valence-corrected chi connectivity index (χ1v) is 9.73. The highest BCUT2D eigenvalue weighted by molar-refractivity contribution is 14.1. The third-order valence-corrected chi connectivity index (χ3v) is 4.37. The average Bonchev–Trinajstić information content (AvgIpc) is 2.43. The molecule has 0 radical (unpaired) electrons. The van der Waals surface area contributed by atoms with Crippen LogP contribution in [0.4, 0.5) is 13.2 Å². The molecule has 2 N–H and O–H groups in total. The van der Waals surface area contributed by atoms with Crippen molar-refractivity contribution in [1.82, 2.24) is 5.32 Å². The lowest BCUT2D eigenvalue weighted by molar-refractivity contribution is -0.148. The first-order chi connectivity index (χ1) is 11.7. The van der Waals surface area contributed by atoms with Crippen LogP contribution >= 0.6 is 22.6 Å². The molecule has 146 valence electrons. The molecular weight excluding hydrogens is 494 g/mol. The van der Waals surface area contributed by atoms with Crippen LogP contribution < -0.4 is 10.1 Å². The minimum Gasteiger partial charge on any atom is -0.425 e. The Bertz CT molecular complexity index is 794. The maximum Gasteiger partial charge on any atom is 0.409 e. The Morgan fingerprint density at radius 3 is 2.35 bits per heavy atom. The molecule has 0 aromatic heterocycles. The van der Waals surface area contributed by atoms with Crippen molar-refractivity contribution < 1.29 is 40.5 Å². The molecule has 0 bridgehead atoms. The minimum absolute atomic E-state index is 0.263. The van der Waals surface area contributed by atoms with Gasteiger partial charge in [0.25, 0.3) is 16.0 Å². The van der Waals surface area contributed by atoms with Crippen LogP contribution in [0.15, 0.2) is 18.2 Å². The Hall–Kier alpha value is -1.41. The molecule has 1 rings (SSSR count). The van der Waals surface area contributed by atoms with E-state index in [0.717, 1.165) is 6.07 Å². The summed E-state index contributed by atoms with van der Waals surface area (Å²) < 4.78 is 74.6. The van der Waals surface area contributed by atoms with Gasteiger partial charge in [-0.2, -0.15) is 21.6 Å². The van der Waals surface area contributed by atoms with Gasteiger partial charge in [0, 0.05) is 3.57 Å². The Morgan fingerprint density at radius 1 is 1.31 bits per heavy atom. The summed E-state index contributed by atoms with van der Waals surface area (Å²) in [5, 5.41) is 1.50. The number of hydrogen-bond acceptors (Lipinski definition) is 5. The molecule has 0 aliphatic rings. The van der Waals surface area contributed by atoms with Crippen LogP contribution in [0.1, 0.15) is 24.2 Å². The zero-order valence-corrected chi connectivity index (χ0v) is 16.5. The van der Waals surface area contributed by atoms with E-state index in [1.807, 2.05) is 22.6 Å². The SMILES string of the molecule is CC(C)C(=O)Oc1cc(I)ccc1C(=O)NC(CS(=O)(=O)O)C(F)(F)F. The Balaban J connectivity index is 3.17. The van der Waals surface area contributed by atoms with Crippen molar-refractivity contribution in [3.63, 3.8) is 0 Å². The average molecular weight is 509 g/mol. The zero-order chi connectivity index (χ0) is 20.3. The van der Waals surface area contributed by atoms with Gasteiger partial charge < -0.3 is 10.1 Å². The highest BCUT2D eigenvalue weighted by Crippen LogP contribution is 2.25. The van der Waals surface area contributed by atoms with E-state index in [1.54, 1.807) is 0 Å². The number of alkyl halides is 3. The number of ether oxygens (including phenoxy) is 1. The number of rotatable bonds is 6. The van der Waals surface area contributed by atoms with E-state index < -0.39 is 45.9 Å². The summed E-state index contributed by atoms with van der Waals surface area (Å²) in [6.07, 6.45) is -5.12. The van der Waals surface area contributed by atoms with E-state index in [9.17, 15) is 31.2 Å². The number of carbonyl (C=O) groups is 2. The molecule has 26 heavy (non-hydrogen) atoms. The fourth-order valence-electron chi connectivity index (χ4n) is 1.66. The number of esters is 1. The standard InChI is InChI=1S/C14H15F3INO6S/c1-7(2)13(21)25-10-5-8(18)3-4-9(10)12(20)19-11(14(15,16)17)6-26(22,23)24/h3-5,7,11H,6H2,1-2H3,(H,19,20)(H,22,23,24). The third-order valence-electron chi connectivity index (χ3n) is 2.95. The topological polar surface area (TPSA) is 110 Å². The van der Waals surface area contributed by atoms with Crippen LogP contribution in [0.3, 0.4) is 0 Å². The molecular formula is C14H15F3INO6S. The van der Waals surface area contributed by atoms with Crippen molar-refractivity contribution in [3.8, 4) is 5.75 Å². The van der Waals surface area contributed by atoms with Gasteiger partial charge >= 0.3 is 12.1 Å². The first kappa shape index (κ1) is 22.6. The molecule has 0 aliphatic carbocycles. The summed E-state index contributed by atoms with van der Waals surface area (Å²) >= 11 is 1.85. The van der Waals surface area contributed by atoms with Gasteiger partial charge in [0.15, 0.2) is 0 Å². The normalized spacial score (nSPS) is 13.4. The monoisotopic (exact) mass is 509 g/mol. The van der Waals surface area contributed by atoms with Gasteiger partial charge in [0.2, 0.25) is 0 Å². The number of benzene rings is 1. The van der Waals surface area contributed by atoms with Crippen LogP contribution in [0.5, 0.6) is 5.75 Å². The highest BCUT2D eigenvalue weighted by Gasteiger charge is 2.43. The highest BCUT2D eigenvalue weighted by atomic mass is 127. The quantitative estimate of drug-likeness (QED) is 0.264. The van der Waals surface area contributed by atoms with Gasteiger partial charge in [-0.25, -0.2) is 0 Å². The van der Waals surface area contributed by atoms with Crippen molar-refractivity contribution in [2.75, 3.05) is 5.75 Å². The summed E-state index contributed by atoms with van der Waals surface area (Å²) in [6.45, 7) is 3.06. The Labute approximate surface area is 161 Å². The lowest BCUT2D eigenvalue weighted by Gasteiger charge is -2.21. The molecule has 1 amide bonds. The molecule has 0 saturated carbocycles. The van der Waals surface area contributed by atoms with E-state index in [4.69, 9.17) is 9.29 Å². The minimum atomic E-state index is -5.12. The second-order valence-electron chi connectivity index (χ2n) is 5.53. The second kappa shape index (κ2) is 8.52. The van der Waals surface area contributed by atoms with E-state index in [-0.39, 0.29) is 11.3 Å². The molecule has 0 aliphatic heterocycles. The fraction of sp³-hybridized carbons (Fsp3) is 0.429. The molecule has 0 heterocycles. The van der Waals surface area contributed by atoms with E-state index in [0.29, 0.717) is 3.57 Å². The van der Waals surface area contributed by atoms with E-state index in [2.05, 4.69) is 0 Å². The van der Waals surface area contributed by atoms with Crippen molar-refractivity contribution in [2.24, 2.45) is 5.92 Å². The zero-order valence-electron chi connectivity index (χ0n) is 13.5. The molecule has 0 fully saturated rings. The van der Waals surface area contributed by atoms with Crippen LogP contribution in [0.25, 0.3) is 0 Å².